The van der Waals surface area contributed by atoms with E-state index in [1.54, 1.807) is 17.0 Å². The number of rotatable bonds is 2. The number of nitrogens with zero attached hydrogens (tertiary/aromatic N) is 3. The number of hydrogen-bond acceptors (Lipinski definition) is 4. The van der Waals surface area contributed by atoms with Crippen LogP contribution in [0.2, 0.25) is 0 Å². The zero-order chi connectivity index (χ0) is 19.9. The van der Waals surface area contributed by atoms with Crippen molar-refractivity contribution in [3.63, 3.8) is 0 Å². The molecule has 0 unspecified atom stereocenters. The molecule has 5 nitrogen and oxygen atoms in total. The van der Waals surface area contributed by atoms with Crippen LogP contribution in [0.5, 0.6) is 0 Å². The Balaban J connectivity index is 1.50. The monoisotopic (exact) mass is 451 g/mol. The Morgan fingerprint density at radius 2 is 1.86 bits per heavy atom. The van der Waals surface area contributed by atoms with Gasteiger partial charge >= 0.3 is 12.1 Å². The summed E-state index contributed by atoms with van der Waals surface area (Å²) in [6, 6.07) is 12.1. The van der Waals surface area contributed by atoms with Crippen molar-refractivity contribution in [1.29, 1.82) is 0 Å². The number of hydrogen-bond donors (Lipinski definition) is 0. The molecule has 0 spiro atoms. The van der Waals surface area contributed by atoms with Gasteiger partial charge in [0.1, 0.15) is 0 Å². The zero-order valence-electron chi connectivity index (χ0n) is 14.3. The molecule has 0 atom stereocenters. The first-order valence-electron chi connectivity index (χ1n) is 8.39. The fourth-order valence-electron chi connectivity index (χ4n) is 3.10. The van der Waals surface area contributed by atoms with Crippen molar-refractivity contribution < 1.29 is 22.5 Å². The van der Waals surface area contributed by atoms with Crippen molar-refractivity contribution in [2.75, 3.05) is 6.54 Å². The Morgan fingerprint density at radius 1 is 1.11 bits per heavy atom. The average Bonchev–Trinajstić information content (AvgIpc) is 3.18. The molecule has 1 amide bonds. The van der Waals surface area contributed by atoms with E-state index in [9.17, 15) is 18.0 Å². The average molecular weight is 452 g/mol. The Hall–Kier alpha value is -2.68. The van der Waals surface area contributed by atoms with Gasteiger partial charge in [-0.3, -0.25) is 4.79 Å². The van der Waals surface area contributed by atoms with Crippen molar-refractivity contribution in [3.05, 3.63) is 69.5 Å². The predicted octanol–water partition coefficient (Wildman–Crippen LogP) is 4.72. The SMILES string of the molecule is O=C(c1ccc(-c2noc(C(F)(F)F)n2)cc1)N1CCc2cc(Br)ccc2C1. The van der Waals surface area contributed by atoms with Crippen LogP contribution in [0.1, 0.15) is 27.4 Å². The highest BCUT2D eigenvalue weighted by Gasteiger charge is 2.38. The number of amides is 1. The third-order valence-corrected chi connectivity index (χ3v) is 5.02. The minimum atomic E-state index is -4.69. The molecule has 0 saturated carbocycles. The van der Waals surface area contributed by atoms with Crippen LogP contribution in [-0.2, 0) is 19.1 Å². The molecule has 1 aliphatic heterocycles. The van der Waals surface area contributed by atoms with Gasteiger partial charge in [0.05, 0.1) is 0 Å². The number of halogens is 4. The molecule has 1 aromatic heterocycles. The van der Waals surface area contributed by atoms with Gasteiger partial charge in [0, 0.05) is 28.7 Å². The number of alkyl halides is 3. The zero-order valence-corrected chi connectivity index (χ0v) is 15.9. The number of benzene rings is 2. The molecule has 0 N–H and O–H groups in total. The molecule has 4 rings (SSSR count). The molecule has 2 aromatic carbocycles. The molecular weight excluding hydrogens is 439 g/mol. The van der Waals surface area contributed by atoms with Crippen molar-refractivity contribution in [2.45, 2.75) is 19.1 Å². The number of carbonyl (C=O) groups is 1. The Labute approximate surface area is 166 Å². The van der Waals surface area contributed by atoms with Gasteiger partial charge in [0.2, 0.25) is 5.82 Å². The van der Waals surface area contributed by atoms with Crippen molar-refractivity contribution in [3.8, 4) is 11.4 Å². The van der Waals surface area contributed by atoms with E-state index in [2.05, 4.69) is 36.7 Å². The quantitative estimate of drug-likeness (QED) is 0.565. The molecule has 0 fully saturated rings. The maximum atomic E-state index is 12.8. The summed E-state index contributed by atoms with van der Waals surface area (Å²) in [5, 5.41) is 3.34. The lowest BCUT2D eigenvalue weighted by atomic mass is 9.99. The molecule has 0 saturated heterocycles. The van der Waals surface area contributed by atoms with Crippen molar-refractivity contribution >= 4 is 21.8 Å². The van der Waals surface area contributed by atoms with E-state index >= 15 is 0 Å². The first kappa shape index (κ1) is 18.7. The molecule has 9 heteroatoms. The van der Waals surface area contributed by atoms with Gasteiger partial charge in [-0.2, -0.15) is 18.2 Å². The summed E-state index contributed by atoms with van der Waals surface area (Å²) in [6.07, 6.45) is -3.93. The highest BCUT2D eigenvalue weighted by Crippen LogP contribution is 2.29. The summed E-state index contributed by atoms with van der Waals surface area (Å²) < 4.78 is 43.0. The van der Waals surface area contributed by atoms with E-state index in [0.717, 1.165) is 16.5 Å². The number of aromatic nitrogens is 2. The second kappa shape index (κ2) is 7.05. The van der Waals surface area contributed by atoms with Gasteiger partial charge in [0.15, 0.2) is 0 Å². The van der Waals surface area contributed by atoms with Crippen LogP contribution in [0.3, 0.4) is 0 Å². The summed E-state index contributed by atoms with van der Waals surface area (Å²) in [4.78, 5) is 17.9. The van der Waals surface area contributed by atoms with Crippen LogP contribution < -0.4 is 0 Å². The minimum absolute atomic E-state index is 0.135. The third kappa shape index (κ3) is 3.66. The van der Waals surface area contributed by atoms with E-state index in [-0.39, 0.29) is 11.7 Å². The predicted molar refractivity (Wildman–Crippen MR) is 97.3 cm³/mol. The van der Waals surface area contributed by atoms with Crippen LogP contribution in [-0.4, -0.2) is 27.5 Å². The van der Waals surface area contributed by atoms with E-state index in [0.29, 0.717) is 24.2 Å². The van der Waals surface area contributed by atoms with Crippen molar-refractivity contribution in [1.82, 2.24) is 15.0 Å². The minimum Gasteiger partial charge on any atom is -0.334 e. The van der Waals surface area contributed by atoms with Gasteiger partial charge < -0.3 is 9.42 Å². The highest BCUT2D eigenvalue weighted by atomic mass is 79.9. The standard InChI is InChI=1S/C19H13BrF3N3O2/c20-15-6-5-14-10-26(8-7-13(14)9-15)17(27)12-3-1-11(2-4-12)16-24-18(28-25-16)19(21,22)23/h1-6,9H,7-8,10H2. The molecule has 0 radical (unpaired) electrons. The lowest BCUT2D eigenvalue weighted by Gasteiger charge is -2.29. The largest absolute Gasteiger partial charge is 0.471 e. The Bertz CT molecular complexity index is 1030. The Kier molecular flexibility index (Phi) is 4.70. The summed E-state index contributed by atoms with van der Waals surface area (Å²) in [7, 11) is 0. The number of fused-ring (bicyclic) bond motifs is 1. The molecule has 3 aromatic rings. The van der Waals surface area contributed by atoms with E-state index in [1.165, 1.54) is 17.7 Å². The summed E-state index contributed by atoms with van der Waals surface area (Å²) in [6.45, 7) is 1.12. The Morgan fingerprint density at radius 3 is 2.54 bits per heavy atom. The second-order valence-electron chi connectivity index (χ2n) is 6.39. The third-order valence-electron chi connectivity index (χ3n) is 4.53. The van der Waals surface area contributed by atoms with Gasteiger partial charge in [-0.05, 0) is 41.8 Å². The fourth-order valence-corrected chi connectivity index (χ4v) is 3.50. The first-order chi connectivity index (χ1) is 13.3. The molecular formula is C19H13BrF3N3O2. The molecule has 144 valence electrons. The molecule has 2 heterocycles. The van der Waals surface area contributed by atoms with Gasteiger partial charge in [0.25, 0.3) is 5.91 Å². The van der Waals surface area contributed by atoms with Gasteiger partial charge in [-0.15, -0.1) is 0 Å². The van der Waals surface area contributed by atoms with Crippen LogP contribution in [0, 0.1) is 0 Å². The summed E-state index contributed by atoms with van der Waals surface area (Å²) in [5.74, 6) is -1.71. The van der Waals surface area contributed by atoms with Gasteiger partial charge in [-0.25, -0.2) is 0 Å². The molecule has 0 aliphatic carbocycles. The second-order valence-corrected chi connectivity index (χ2v) is 7.30. The maximum Gasteiger partial charge on any atom is 0.471 e. The topological polar surface area (TPSA) is 59.2 Å². The van der Waals surface area contributed by atoms with Crippen molar-refractivity contribution in [2.24, 2.45) is 0 Å². The van der Waals surface area contributed by atoms with Crippen LogP contribution in [0.4, 0.5) is 13.2 Å². The smallest absolute Gasteiger partial charge is 0.334 e. The van der Waals surface area contributed by atoms with E-state index in [4.69, 9.17) is 0 Å². The van der Waals surface area contributed by atoms with E-state index < -0.39 is 12.1 Å². The summed E-state index contributed by atoms with van der Waals surface area (Å²) in [5.41, 5.74) is 3.10. The first-order valence-corrected chi connectivity index (χ1v) is 9.18. The van der Waals surface area contributed by atoms with Gasteiger partial charge in [-0.1, -0.05) is 39.3 Å². The fraction of sp³-hybridized carbons (Fsp3) is 0.211. The molecule has 0 bridgehead atoms. The molecule has 28 heavy (non-hydrogen) atoms. The van der Waals surface area contributed by atoms with Crippen LogP contribution in [0.25, 0.3) is 11.4 Å². The molecule has 1 aliphatic rings. The maximum absolute atomic E-state index is 12.8. The van der Waals surface area contributed by atoms with Crippen LogP contribution in [0.15, 0.2) is 51.5 Å². The highest BCUT2D eigenvalue weighted by molar-refractivity contribution is 9.10. The summed E-state index contributed by atoms with van der Waals surface area (Å²) >= 11 is 3.45. The normalized spacial score (nSPS) is 14.1. The van der Waals surface area contributed by atoms with E-state index in [1.807, 2.05) is 12.1 Å². The lowest BCUT2D eigenvalue weighted by Crippen LogP contribution is -2.35. The number of carbonyl (C=O) groups excluding carboxylic acids is 1. The van der Waals surface area contributed by atoms with Crippen LogP contribution >= 0.6 is 15.9 Å². The lowest BCUT2D eigenvalue weighted by molar-refractivity contribution is -0.159.